The molecule has 0 atom stereocenters. The zero-order valence-corrected chi connectivity index (χ0v) is 15.4. The summed E-state index contributed by atoms with van der Waals surface area (Å²) in [5, 5.41) is 0.879. The van der Waals surface area contributed by atoms with E-state index in [4.69, 9.17) is 34.8 Å². The van der Waals surface area contributed by atoms with Crippen LogP contribution in [-0.4, -0.2) is 11.1 Å². The van der Waals surface area contributed by atoms with Crippen LogP contribution in [0.5, 0.6) is 0 Å². The van der Waals surface area contributed by atoms with Gasteiger partial charge in [0.25, 0.3) is 11.1 Å². The van der Waals surface area contributed by atoms with Gasteiger partial charge in [-0.25, -0.2) is 4.90 Å². The Kier molecular flexibility index (Phi) is 4.92. The highest BCUT2D eigenvalue weighted by atomic mass is 35.5. The predicted octanol–water partition coefficient (Wildman–Crippen LogP) is 6.28. The number of allylic oxidation sites excluding steroid dienone is 1. The van der Waals surface area contributed by atoms with Crippen molar-refractivity contribution >= 4 is 69.0 Å². The molecule has 1 heterocycles. The summed E-state index contributed by atoms with van der Waals surface area (Å²) in [5.41, 5.74) is 1.95. The number of rotatable bonds is 2. The minimum atomic E-state index is -0.379. The SMILES string of the molecule is C/C(=C1/SC(=O)N(c2ccc(Cl)c(Cl)c2)C1=O)c1ccc(Cl)cc1. The van der Waals surface area contributed by atoms with Crippen LogP contribution in [0.15, 0.2) is 47.4 Å². The molecule has 0 aliphatic carbocycles. The van der Waals surface area contributed by atoms with Crippen molar-refractivity contribution in [1.29, 1.82) is 0 Å². The van der Waals surface area contributed by atoms with E-state index < -0.39 is 0 Å². The van der Waals surface area contributed by atoms with Crippen LogP contribution in [0, 0.1) is 0 Å². The molecule has 7 heteroatoms. The Morgan fingerprint density at radius 1 is 0.958 bits per heavy atom. The van der Waals surface area contributed by atoms with Gasteiger partial charge in [-0.1, -0.05) is 46.9 Å². The van der Waals surface area contributed by atoms with Crippen LogP contribution >= 0.6 is 46.6 Å². The fourth-order valence-corrected chi connectivity index (χ4v) is 3.60. The Balaban J connectivity index is 2.00. The van der Waals surface area contributed by atoms with Crippen LogP contribution in [0.2, 0.25) is 15.1 Å². The van der Waals surface area contributed by atoms with Gasteiger partial charge in [0.2, 0.25) is 0 Å². The molecule has 1 saturated heterocycles. The lowest BCUT2D eigenvalue weighted by Crippen LogP contribution is -2.27. The van der Waals surface area contributed by atoms with Gasteiger partial charge in [0.1, 0.15) is 0 Å². The van der Waals surface area contributed by atoms with E-state index in [1.54, 1.807) is 31.2 Å². The molecule has 3 rings (SSSR count). The lowest BCUT2D eigenvalue weighted by Gasteiger charge is -2.13. The number of amides is 2. The first-order valence-corrected chi connectivity index (χ1v) is 8.81. The van der Waals surface area contributed by atoms with Crippen LogP contribution in [0.1, 0.15) is 12.5 Å². The largest absolute Gasteiger partial charge is 0.298 e. The minimum Gasteiger partial charge on any atom is -0.268 e. The zero-order valence-electron chi connectivity index (χ0n) is 12.3. The Hall–Kier alpha value is -1.46. The van der Waals surface area contributed by atoms with Gasteiger partial charge in [-0.3, -0.25) is 9.59 Å². The summed E-state index contributed by atoms with van der Waals surface area (Å²) in [6.07, 6.45) is 0. The quantitative estimate of drug-likeness (QED) is 0.559. The number of halogens is 3. The first kappa shape index (κ1) is 17.4. The first-order chi connectivity index (χ1) is 11.4. The number of nitrogens with zero attached hydrogens (tertiary/aromatic N) is 1. The molecule has 0 radical (unpaired) electrons. The van der Waals surface area contributed by atoms with Crippen molar-refractivity contribution in [1.82, 2.24) is 0 Å². The molecule has 0 spiro atoms. The maximum Gasteiger partial charge on any atom is 0.298 e. The van der Waals surface area contributed by atoms with Crippen LogP contribution in [-0.2, 0) is 4.79 Å². The monoisotopic (exact) mass is 397 g/mol. The molecular weight excluding hydrogens is 389 g/mol. The first-order valence-electron chi connectivity index (χ1n) is 6.86. The summed E-state index contributed by atoms with van der Waals surface area (Å²) >= 11 is 18.7. The van der Waals surface area contributed by atoms with E-state index in [0.29, 0.717) is 20.6 Å². The van der Waals surface area contributed by atoms with E-state index in [1.807, 2.05) is 12.1 Å². The van der Waals surface area contributed by atoms with Gasteiger partial charge in [0, 0.05) is 5.02 Å². The topological polar surface area (TPSA) is 37.4 Å². The number of imide groups is 1. The molecule has 24 heavy (non-hydrogen) atoms. The highest BCUT2D eigenvalue weighted by Crippen LogP contribution is 2.40. The average molecular weight is 399 g/mol. The van der Waals surface area contributed by atoms with Crippen LogP contribution in [0.4, 0.5) is 10.5 Å². The van der Waals surface area contributed by atoms with E-state index in [-0.39, 0.29) is 16.2 Å². The van der Waals surface area contributed by atoms with E-state index >= 15 is 0 Å². The molecule has 1 aliphatic rings. The van der Waals surface area contributed by atoms with E-state index in [0.717, 1.165) is 27.8 Å². The van der Waals surface area contributed by atoms with Crippen molar-refractivity contribution in [3.05, 3.63) is 68.0 Å². The average Bonchev–Trinajstić information content (AvgIpc) is 2.85. The van der Waals surface area contributed by atoms with Crippen molar-refractivity contribution in [2.45, 2.75) is 6.92 Å². The zero-order chi connectivity index (χ0) is 17.4. The number of hydrogen-bond acceptors (Lipinski definition) is 3. The molecule has 0 bridgehead atoms. The van der Waals surface area contributed by atoms with Crippen molar-refractivity contribution in [3.63, 3.8) is 0 Å². The number of thioether (sulfide) groups is 1. The number of carbonyl (C=O) groups excluding carboxylic acids is 2. The molecule has 0 aromatic heterocycles. The fourth-order valence-electron chi connectivity index (χ4n) is 2.28. The number of anilines is 1. The smallest absolute Gasteiger partial charge is 0.268 e. The van der Waals surface area contributed by atoms with Crippen LogP contribution < -0.4 is 4.90 Å². The summed E-state index contributed by atoms with van der Waals surface area (Å²) in [7, 11) is 0. The molecule has 1 aliphatic heterocycles. The van der Waals surface area contributed by atoms with Gasteiger partial charge >= 0.3 is 0 Å². The lowest BCUT2D eigenvalue weighted by atomic mass is 10.1. The Morgan fingerprint density at radius 2 is 1.62 bits per heavy atom. The highest BCUT2D eigenvalue weighted by Gasteiger charge is 2.37. The summed E-state index contributed by atoms with van der Waals surface area (Å²) in [4.78, 5) is 26.5. The highest BCUT2D eigenvalue weighted by molar-refractivity contribution is 8.19. The van der Waals surface area contributed by atoms with E-state index in [9.17, 15) is 9.59 Å². The van der Waals surface area contributed by atoms with Crippen LogP contribution in [0.25, 0.3) is 5.57 Å². The molecule has 0 saturated carbocycles. The molecule has 122 valence electrons. The van der Waals surface area contributed by atoms with E-state index in [2.05, 4.69) is 0 Å². The molecular formula is C17H10Cl3NO2S. The van der Waals surface area contributed by atoms with E-state index in [1.165, 1.54) is 6.07 Å². The van der Waals surface area contributed by atoms with Crippen molar-refractivity contribution in [3.8, 4) is 0 Å². The second-order valence-corrected chi connectivity index (χ2v) is 7.28. The summed E-state index contributed by atoms with van der Waals surface area (Å²) in [6.45, 7) is 1.80. The second kappa shape index (κ2) is 6.81. The normalized spacial score (nSPS) is 16.8. The van der Waals surface area contributed by atoms with Gasteiger partial charge in [0.05, 0.1) is 20.6 Å². The molecule has 2 amide bonds. The molecule has 1 fully saturated rings. The number of hydrogen-bond donors (Lipinski definition) is 0. The number of carbonyl (C=O) groups is 2. The van der Waals surface area contributed by atoms with Gasteiger partial charge in [-0.05, 0) is 60.2 Å². The van der Waals surface area contributed by atoms with Gasteiger partial charge in [-0.15, -0.1) is 0 Å². The third-order valence-electron chi connectivity index (χ3n) is 3.55. The lowest BCUT2D eigenvalue weighted by molar-refractivity contribution is -0.113. The van der Waals surface area contributed by atoms with Gasteiger partial charge < -0.3 is 0 Å². The van der Waals surface area contributed by atoms with Crippen molar-refractivity contribution in [2.24, 2.45) is 0 Å². The Bertz CT molecular complexity index is 878. The van der Waals surface area contributed by atoms with Crippen LogP contribution in [0.3, 0.4) is 0 Å². The van der Waals surface area contributed by atoms with Crippen molar-refractivity contribution < 1.29 is 9.59 Å². The van der Waals surface area contributed by atoms with Crippen molar-refractivity contribution in [2.75, 3.05) is 4.90 Å². The molecule has 0 N–H and O–H groups in total. The summed E-state index contributed by atoms with van der Waals surface area (Å²) < 4.78 is 0. The Labute approximate surface area is 158 Å². The standard InChI is InChI=1S/C17H10Cl3NO2S/c1-9(10-2-4-11(18)5-3-10)15-16(22)21(17(23)24-15)12-6-7-13(19)14(20)8-12/h2-8H,1H3/b15-9-. The maximum atomic E-state index is 12.7. The Morgan fingerprint density at radius 3 is 2.25 bits per heavy atom. The summed E-state index contributed by atoms with van der Waals surface area (Å²) in [6, 6.07) is 11.7. The van der Waals surface area contributed by atoms with Gasteiger partial charge in [-0.2, -0.15) is 0 Å². The maximum absolute atomic E-state index is 12.7. The molecule has 2 aromatic carbocycles. The molecule has 0 unspecified atom stereocenters. The third kappa shape index (κ3) is 3.20. The second-order valence-electron chi connectivity index (χ2n) is 5.07. The molecule has 3 nitrogen and oxygen atoms in total. The molecule has 2 aromatic rings. The summed E-state index contributed by atoms with van der Waals surface area (Å²) in [5.74, 6) is -0.379. The minimum absolute atomic E-state index is 0.284. The van der Waals surface area contributed by atoms with Gasteiger partial charge in [0.15, 0.2) is 0 Å². The predicted molar refractivity (Wildman–Crippen MR) is 101 cm³/mol. The fraction of sp³-hybridized carbons (Fsp3) is 0.0588. The number of benzene rings is 2. The third-order valence-corrected chi connectivity index (χ3v) is 5.58.